The standard InChI is InChI=1S/C26H30FN9/c1-5-34-13-22-21(34)14-35(22)12-17-6-7-23(28-9-17)32-26-30-11-19(27)24(33-26)18-8-20-25(29-10-18)31-16(4)36(20)15(2)3/h6-11,15,21-22H,5,12-14H2,1-4H3,(H,28,30,32,33)/t21?,22-/m1/s1. The van der Waals surface area contributed by atoms with Crippen LogP contribution in [0.4, 0.5) is 16.2 Å². The molecule has 6 rings (SSSR count). The Morgan fingerprint density at radius 2 is 1.83 bits per heavy atom. The van der Waals surface area contributed by atoms with Crippen molar-refractivity contribution in [2.45, 2.75) is 52.4 Å². The molecule has 0 saturated carbocycles. The van der Waals surface area contributed by atoms with Crippen LogP contribution in [-0.4, -0.2) is 71.0 Å². The zero-order chi connectivity index (χ0) is 25.0. The molecule has 9 nitrogen and oxygen atoms in total. The van der Waals surface area contributed by atoms with Crippen molar-refractivity contribution < 1.29 is 4.39 Å². The van der Waals surface area contributed by atoms with E-state index in [4.69, 9.17) is 0 Å². The number of piperazine rings is 1. The van der Waals surface area contributed by atoms with Crippen molar-refractivity contribution in [3.8, 4) is 11.3 Å². The van der Waals surface area contributed by atoms with Crippen molar-refractivity contribution in [2.75, 3.05) is 25.0 Å². The smallest absolute Gasteiger partial charge is 0.229 e. The third-order valence-electron chi connectivity index (χ3n) is 7.34. The summed E-state index contributed by atoms with van der Waals surface area (Å²) in [5.41, 5.74) is 3.41. The predicted molar refractivity (Wildman–Crippen MR) is 136 cm³/mol. The first-order chi connectivity index (χ1) is 17.4. The van der Waals surface area contributed by atoms with Crippen LogP contribution in [0.15, 0.2) is 36.8 Å². The van der Waals surface area contributed by atoms with Crippen LogP contribution in [0.5, 0.6) is 0 Å². The van der Waals surface area contributed by atoms with Gasteiger partial charge < -0.3 is 9.88 Å². The van der Waals surface area contributed by atoms with Crippen molar-refractivity contribution in [1.82, 2.24) is 39.3 Å². The Kier molecular flexibility index (Phi) is 5.65. The number of likely N-dealkylation sites (N-methyl/N-ethyl adjacent to an activating group) is 1. The molecule has 1 unspecified atom stereocenters. The van der Waals surface area contributed by atoms with Gasteiger partial charge in [0.15, 0.2) is 11.5 Å². The lowest BCUT2D eigenvalue weighted by atomic mass is 9.85. The number of nitrogens with zero attached hydrogens (tertiary/aromatic N) is 8. The second-order valence-corrected chi connectivity index (χ2v) is 9.91. The summed E-state index contributed by atoms with van der Waals surface area (Å²) in [7, 11) is 0. The molecule has 186 valence electrons. The van der Waals surface area contributed by atoms with E-state index in [0.29, 0.717) is 23.1 Å². The molecule has 0 bridgehead atoms. The molecule has 10 heteroatoms. The fraction of sp³-hybridized carbons (Fsp3) is 0.423. The summed E-state index contributed by atoms with van der Waals surface area (Å²) in [5.74, 6) is 1.25. The van der Waals surface area contributed by atoms with E-state index in [-0.39, 0.29) is 17.7 Å². The number of aryl methyl sites for hydroxylation is 1. The minimum atomic E-state index is -0.511. The number of likely N-dealkylation sites (tertiary alicyclic amines) is 2. The summed E-state index contributed by atoms with van der Waals surface area (Å²) >= 11 is 0. The van der Waals surface area contributed by atoms with Gasteiger partial charge in [-0.15, -0.1) is 0 Å². The number of halogens is 1. The number of nitrogens with one attached hydrogen (secondary N) is 1. The average Bonchev–Trinajstić information content (AvgIpc) is 3.19. The van der Waals surface area contributed by atoms with Crippen molar-refractivity contribution in [3.63, 3.8) is 0 Å². The molecule has 36 heavy (non-hydrogen) atoms. The van der Waals surface area contributed by atoms with Crippen molar-refractivity contribution in [3.05, 3.63) is 54.0 Å². The Hall–Kier alpha value is -3.50. The maximum atomic E-state index is 14.8. The molecule has 1 N–H and O–H groups in total. The molecule has 0 aromatic carbocycles. The number of aromatic nitrogens is 6. The lowest BCUT2D eigenvalue weighted by Gasteiger charge is -2.62. The average molecular weight is 488 g/mol. The molecule has 0 spiro atoms. The summed E-state index contributed by atoms with van der Waals surface area (Å²) in [6, 6.07) is 7.49. The van der Waals surface area contributed by atoms with Crippen LogP contribution >= 0.6 is 0 Å². The van der Waals surface area contributed by atoms with Crippen molar-refractivity contribution in [2.24, 2.45) is 0 Å². The predicted octanol–water partition coefficient (Wildman–Crippen LogP) is 3.94. The van der Waals surface area contributed by atoms with E-state index in [1.165, 1.54) is 18.3 Å². The lowest BCUT2D eigenvalue weighted by molar-refractivity contribution is -0.125. The Morgan fingerprint density at radius 1 is 1.03 bits per heavy atom. The highest BCUT2D eigenvalue weighted by Crippen LogP contribution is 2.34. The van der Waals surface area contributed by atoms with Crippen LogP contribution in [0, 0.1) is 12.7 Å². The van der Waals surface area contributed by atoms with Crippen molar-refractivity contribution in [1.29, 1.82) is 0 Å². The Bertz CT molecular complexity index is 1420. The highest BCUT2D eigenvalue weighted by Gasteiger charge is 2.50. The summed E-state index contributed by atoms with van der Waals surface area (Å²) in [6.45, 7) is 12.7. The van der Waals surface area contributed by atoms with Crippen LogP contribution in [0.3, 0.4) is 0 Å². The molecular formula is C26H30FN9. The van der Waals surface area contributed by atoms with Crippen LogP contribution in [-0.2, 0) is 6.54 Å². The van der Waals surface area contributed by atoms with Gasteiger partial charge in [-0.1, -0.05) is 13.0 Å². The fourth-order valence-corrected chi connectivity index (χ4v) is 5.42. The zero-order valence-electron chi connectivity index (χ0n) is 21.0. The molecule has 2 fully saturated rings. The van der Waals surface area contributed by atoms with E-state index >= 15 is 0 Å². The van der Waals surface area contributed by atoms with Crippen LogP contribution in [0.2, 0.25) is 0 Å². The van der Waals surface area contributed by atoms with E-state index in [9.17, 15) is 4.39 Å². The maximum Gasteiger partial charge on any atom is 0.229 e. The van der Waals surface area contributed by atoms with E-state index in [2.05, 4.69) is 71.4 Å². The summed E-state index contributed by atoms with van der Waals surface area (Å²) in [4.78, 5) is 27.1. The monoisotopic (exact) mass is 487 g/mol. The minimum absolute atomic E-state index is 0.182. The minimum Gasteiger partial charge on any atom is -0.324 e. The number of rotatable bonds is 7. The van der Waals surface area contributed by atoms with E-state index < -0.39 is 5.82 Å². The molecule has 2 saturated heterocycles. The molecule has 0 amide bonds. The number of hydrogen-bond acceptors (Lipinski definition) is 8. The molecule has 6 heterocycles. The Labute approximate surface area is 209 Å². The Balaban J connectivity index is 1.18. The van der Waals surface area contributed by atoms with Gasteiger partial charge in [-0.05, 0) is 45.0 Å². The fourth-order valence-electron chi connectivity index (χ4n) is 5.42. The molecule has 2 aliphatic heterocycles. The van der Waals surface area contributed by atoms with Crippen molar-refractivity contribution >= 4 is 22.9 Å². The molecule has 0 aliphatic carbocycles. The highest BCUT2D eigenvalue weighted by molar-refractivity contribution is 5.78. The maximum absolute atomic E-state index is 14.8. The van der Waals surface area contributed by atoms with Gasteiger partial charge in [0.2, 0.25) is 5.95 Å². The first-order valence-electron chi connectivity index (χ1n) is 12.5. The third kappa shape index (κ3) is 3.90. The van der Waals surface area contributed by atoms with E-state index in [0.717, 1.165) is 37.0 Å². The quantitative estimate of drug-likeness (QED) is 0.419. The van der Waals surface area contributed by atoms with E-state index in [1.54, 1.807) is 6.20 Å². The van der Waals surface area contributed by atoms with Gasteiger partial charge >= 0.3 is 0 Å². The molecule has 4 aromatic heterocycles. The summed E-state index contributed by atoms with van der Waals surface area (Å²) in [5, 5.41) is 3.10. The Morgan fingerprint density at radius 3 is 2.53 bits per heavy atom. The second-order valence-electron chi connectivity index (χ2n) is 9.91. The first-order valence-corrected chi connectivity index (χ1v) is 12.5. The molecule has 4 aromatic rings. The highest BCUT2D eigenvalue weighted by atomic mass is 19.1. The van der Waals surface area contributed by atoms with Gasteiger partial charge in [-0.25, -0.2) is 29.3 Å². The number of hydrogen-bond donors (Lipinski definition) is 1. The van der Waals surface area contributed by atoms with Crippen LogP contribution in [0.25, 0.3) is 22.4 Å². The molecular weight excluding hydrogens is 457 g/mol. The van der Waals surface area contributed by atoms with Crippen LogP contribution < -0.4 is 5.32 Å². The molecule has 2 atom stereocenters. The number of imidazole rings is 1. The number of anilines is 2. The normalized spacial score (nSPS) is 19.8. The summed E-state index contributed by atoms with van der Waals surface area (Å²) in [6.07, 6.45) is 4.65. The third-order valence-corrected chi connectivity index (χ3v) is 7.34. The second kappa shape index (κ2) is 8.86. The van der Waals surface area contributed by atoms with Gasteiger partial charge in [0.05, 0.1) is 11.7 Å². The van der Waals surface area contributed by atoms with Gasteiger partial charge in [0.1, 0.15) is 17.3 Å². The molecule has 0 radical (unpaired) electrons. The van der Waals surface area contributed by atoms with Crippen LogP contribution in [0.1, 0.15) is 38.2 Å². The first kappa shape index (κ1) is 22.9. The van der Waals surface area contributed by atoms with E-state index in [1.807, 2.05) is 25.3 Å². The zero-order valence-corrected chi connectivity index (χ0v) is 21.0. The molecule has 2 aliphatic rings. The van der Waals surface area contributed by atoms with Gasteiger partial charge in [0.25, 0.3) is 0 Å². The number of fused-ring (bicyclic) bond motifs is 2. The topological polar surface area (TPSA) is 87.9 Å². The van der Waals surface area contributed by atoms with Gasteiger partial charge in [-0.3, -0.25) is 9.80 Å². The SMILES string of the molecule is CCN1C[C@@H]2C1CN2Cc1ccc(Nc2ncc(F)c(-c3cnc4nc(C)n(C(C)C)c4c3)n2)nc1. The van der Waals surface area contributed by atoms with Gasteiger partial charge in [0, 0.05) is 55.7 Å². The lowest BCUT2D eigenvalue weighted by Crippen LogP contribution is -2.78. The van der Waals surface area contributed by atoms with Gasteiger partial charge in [-0.2, -0.15) is 0 Å². The largest absolute Gasteiger partial charge is 0.324 e. The summed E-state index contributed by atoms with van der Waals surface area (Å²) < 4.78 is 16.8. The number of pyridine rings is 2.